The van der Waals surface area contributed by atoms with Crippen LogP contribution in [0.3, 0.4) is 0 Å². The normalized spacial score (nSPS) is 17.0. The summed E-state index contributed by atoms with van der Waals surface area (Å²) in [6.07, 6.45) is 3.65. The average molecular weight is 319 g/mol. The first-order chi connectivity index (χ1) is 11.1. The summed E-state index contributed by atoms with van der Waals surface area (Å²) in [5.74, 6) is 1.15. The number of carbonyl (C=O) groups is 1. The fraction of sp³-hybridized carbons (Fsp3) is 0.632. The highest BCUT2D eigenvalue weighted by molar-refractivity contribution is 5.78. The maximum Gasteiger partial charge on any atom is 0.223 e. The molecule has 23 heavy (non-hydrogen) atoms. The summed E-state index contributed by atoms with van der Waals surface area (Å²) < 4.78 is 10.8. The lowest BCUT2D eigenvalue weighted by molar-refractivity contribution is -0.125. The number of benzene rings is 1. The van der Waals surface area contributed by atoms with Gasteiger partial charge in [-0.15, -0.1) is 0 Å². The van der Waals surface area contributed by atoms with Crippen molar-refractivity contribution in [3.63, 3.8) is 0 Å². The van der Waals surface area contributed by atoms with E-state index >= 15 is 0 Å². The quantitative estimate of drug-likeness (QED) is 0.839. The highest BCUT2D eigenvalue weighted by atomic mass is 16.5. The molecule has 0 saturated carbocycles. The Hall–Kier alpha value is -1.55. The van der Waals surface area contributed by atoms with Gasteiger partial charge in [0.2, 0.25) is 5.91 Å². The van der Waals surface area contributed by atoms with E-state index in [0.29, 0.717) is 6.54 Å². The standard InChI is InChI=1S/C19H29NO3/c1-4-15(5-2)18(21)20-14-19(10-12-23-13-11-19)16-6-8-17(22-3)9-7-16/h6-9,15H,4-5,10-14H2,1-3H3,(H,20,21). The fourth-order valence-electron chi connectivity index (χ4n) is 3.33. The van der Waals surface area contributed by atoms with Gasteiger partial charge in [0.15, 0.2) is 0 Å². The third-order valence-electron chi connectivity index (χ3n) is 5.11. The number of nitrogens with one attached hydrogen (secondary N) is 1. The van der Waals surface area contributed by atoms with Gasteiger partial charge in [0.05, 0.1) is 7.11 Å². The van der Waals surface area contributed by atoms with Crippen molar-refractivity contribution in [3.05, 3.63) is 29.8 Å². The van der Waals surface area contributed by atoms with Crippen LogP contribution in [0.15, 0.2) is 24.3 Å². The zero-order valence-corrected chi connectivity index (χ0v) is 14.6. The third-order valence-corrected chi connectivity index (χ3v) is 5.11. The minimum atomic E-state index is -0.0355. The molecule has 0 aliphatic carbocycles. The summed E-state index contributed by atoms with van der Waals surface area (Å²) in [5.41, 5.74) is 1.22. The van der Waals surface area contributed by atoms with Crippen LogP contribution in [0, 0.1) is 5.92 Å². The van der Waals surface area contributed by atoms with E-state index in [-0.39, 0.29) is 17.2 Å². The summed E-state index contributed by atoms with van der Waals surface area (Å²) in [6, 6.07) is 8.23. The molecular formula is C19H29NO3. The molecule has 1 aliphatic rings. The van der Waals surface area contributed by atoms with Crippen molar-refractivity contribution >= 4 is 5.91 Å². The first kappa shape index (κ1) is 17.8. The Kier molecular flexibility index (Phi) is 6.46. The Morgan fingerprint density at radius 2 is 1.83 bits per heavy atom. The molecule has 1 heterocycles. The molecule has 1 aliphatic heterocycles. The summed E-state index contributed by atoms with van der Waals surface area (Å²) in [6.45, 7) is 6.31. The van der Waals surface area contributed by atoms with Crippen molar-refractivity contribution in [2.75, 3.05) is 26.9 Å². The topological polar surface area (TPSA) is 47.6 Å². The van der Waals surface area contributed by atoms with E-state index < -0.39 is 0 Å². The molecule has 1 fully saturated rings. The zero-order chi connectivity index (χ0) is 16.7. The SMILES string of the molecule is CCC(CC)C(=O)NCC1(c2ccc(OC)cc2)CCOCC1. The Bertz CT molecular complexity index is 488. The van der Waals surface area contributed by atoms with Gasteiger partial charge in [-0.25, -0.2) is 0 Å². The molecule has 1 amide bonds. The van der Waals surface area contributed by atoms with Gasteiger partial charge in [-0.05, 0) is 43.4 Å². The van der Waals surface area contributed by atoms with E-state index in [1.807, 2.05) is 12.1 Å². The highest BCUT2D eigenvalue weighted by Crippen LogP contribution is 2.35. The molecule has 4 nitrogen and oxygen atoms in total. The van der Waals surface area contributed by atoms with Crippen LogP contribution >= 0.6 is 0 Å². The van der Waals surface area contributed by atoms with Gasteiger partial charge in [0, 0.05) is 31.1 Å². The maximum atomic E-state index is 12.4. The van der Waals surface area contributed by atoms with E-state index in [1.165, 1.54) is 5.56 Å². The van der Waals surface area contributed by atoms with E-state index in [2.05, 4.69) is 31.3 Å². The predicted octanol–water partition coefficient (Wildman–Crippen LogP) is 3.30. The van der Waals surface area contributed by atoms with Crippen LogP contribution in [0.2, 0.25) is 0 Å². The van der Waals surface area contributed by atoms with Crippen molar-refractivity contribution in [2.45, 2.75) is 44.9 Å². The second kappa shape index (κ2) is 8.34. The van der Waals surface area contributed by atoms with Crippen LogP contribution < -0.4 is 10.1 Å². The second-order valence-corrected chi connectivity index (χ2v) is 6.35. The Morgan fingerprint density at radius 1 is 1.22 bits per heavy atom. The molecule has 1 N–H and O–H groups in total. The Labute approximate surface area is 139 Å². The summed E-state index contributed by atoms with van der Waals surface area (Å²) in [5, 5.41) is 3.20. The fourth-order valence-corrected chi connectivity index (χ4v) is 3.33. The van der Waals surface area contributed by atoms with Crippen LogP contribution in [0.1, 0.15) is 45.1 Å². The molecule has 0 aromatic heterocycles. The number of hydrogen-bond acceptors (Lipinski definition) is 3. The van der Waals surface area contributed by atoms with E-state index in [0.717, 1.165) is 44.6 Å². The number of carbonyl (C=O) groups excluding carboxylic acids is 1. The smallest absolute Gasteiger partial charge is 0.223 e. The first-order valence-corrected chi connectivity index (χ1v) is 8.65. The molecule has 1 aromatic rings. The molecule has 4 heteroatoms. The van der Waals surface area contributed by atoms with Crippen molar-refractivity contribution in [1.82, 2.24) is 5.32 Å². The zero-order valence-electron chi connectivity index (χ0n) is 14.6. The van der Waals surface area contributed by atoms with Crippen molar-refractivity contribution in [3.8, 4) is 5.75 Å². The van der Waals surface area contributed by atoms with Crippen LogP contribution in [0.4, 0.5) is 0 Å². The minimum Gasteiger partial charge on any atom is -0.497 e. The van der Waals surface area contributed by atoms with Crippen molar-refractivity contribution < 1.29 is 14.3 Å². The predicted molar refractivity (Wildman–Crippen MR) is 91.8 cm³/mol. The Balaban J connectivity index is 2.13. The molecule has 1 saturated heterocycles. The molecule has 0 unspecified atom stereocenters. The maximum absolute atomic E-state index is 12.4. The number of methoxy groups -OCH3 is 1. The molecular weight excluding hydrogens is 290 g/mol. The summed E-state index contributed by atoms with van der Waals surface area (Å²) in [7, 11) is 1.68. The van der Waals surface area contributed by atoms with E-state index in [1.54, 1.807) is 7.11 Å². The van der Waals surface area contributed by atoms with E-state index in [4.69, 9.17) is 9.47 Å². The highest BCUT2D eigenvalue weighted by Gasteiger charge is 2.35. The lowest BCUT2D eigenvalue weighted by Gasteiger charge is -2.38. The van der Waals surface area contributed by atoms with Gasteiger partial charge in [-0.1, -0.05) is 26.0 Å². The molecule has 128 valence electrons. The Morgan fingerprint density at radius 3 is 2.35 bits per heavy atom. The van der Waals surface area contributed by atoms with Crippen LogP contribution in [0.25, 0.3) is 0 Å². The van der Waals surface area contributed by atoms with Gasteiger partial charge in [-0.3, -0.25) is 4.79 Å². The van der Waals surface area contributed by atoms with Gasteiger partial charge in [0.1, 0.15) is 5.75 Å². The molecule has 0 radical (unpaired) electrons. The second-order valence-electron chi connectivity index (χ2n) is 6.35. The van der Waals surface area contributed by atoms with E-state index in [9.17, 15) is 4.79 Å². The molecule has 0 atom stereocenters. The number of amides is 1. The molecule has 2 rings (SSSR count). The van der Waals surface area contributed by atoms with Crippen LogP contribution in [0.5, 0.6) is 5.75 Å². The van der Waals surface area contributed by atoms with Gasteiger partial charge < -0.3 is 14.8 Å². The van der Waals surface area contributed by atoms with Gasteiger partial charge in [-0.2, -0.15) is 0 Å². The average Bonchev–Trinajstić information content (AvgIpc) is 2.62. The van der Waals surface area contributed by atoms with Crippen molar-refractivity contribution in [2.24, 2.45) is 5.92 Å². The monoisotopic (exact) mass is 319 g/mol. The summed E-state index contributed by atoms with van der Waals surface area (Å²) >= 11 is 0. The van der Waals surface area contributed by atoms with Crippen LogP contribution in [-0.4, -0.2) is 32.8 Å². The number of hydrogen-bond donors (Lipinski definition) is 1. The lowest BCUT2D eigenvalue weighted by Crippen LogP contribution is -2.46. The lowest BCUT2D eigenvalue weighted by atomic mass is 9.74. The number of ether oxygens (including phenoxy) is 2. The summed E-state index contributed by atoms with van der Waals surface area (Å²) in [4.78, 5) is 12.4. The number of rotatable bonds is 7. The third kappa shape index (κ3) is 4.25. The molecule has 1 aromatic carbocycles. The molecule has 0 bridgehead atoms. The minimum absolute atomic E-state index is 0.0355. The largest absolute Gasteiger partial charge is 0.497 e. The first-order valence-electron chi connectivity index (χ1n) is 8.65. The molecule has 0 spiro atoms. The van der Waals surface area contributed by atoms with Crippen LogP contribution in [-0.2, 0) is 14.9 Å². The van der Waals surface area contributed by atoms with Crippen molar-refractivity contribution in [1.29, 1.82) is 0 Å². The van der Waals surface area contributed by atoms with Gasteiger partial charge >= 0.3 is 0 Å². The van der Waals surface area contributed by atoms with Gasteiger partial charge in [0.25, 0.3) is 0 Å².